The van der Waals surface area contributed by atoms with E-state index in [4.69, 9.17) is 0 Å². The van der Waals surface area contributed by atoms with Crippen molar-refractivity contribution in [3.63, 3.8) is 0 Å². The van der Waals surface area contributed by atoms with Gasteiger partial charge in [-0.2, -0.15) is 0 Å². The van der Waals surface area contributed by atoms with Crippen molar-refractivity contribution in [2.45, 2.75) is 4.90 Å². The Balaban J connectivity index is 1.22. The highest BCUT2D eigenvalue weighted by Crippen LogP contribution is 2.28. The minimum Gasteiger partial charge on any atom is -0.322 e. The maximum atomic E-state index is 12.6. The highest BCUT2D eigenvalue weighted by molar-refractivity contribution is 7.99. The average molecular weight is 439 g/mol. The van der Waals surface area contributed by atoms with Gasteiger partial charge >= 0.3 is 0 Å². The molecule has 0 spiro atoms. The fourth-order valence-corrected chi connectivity index (χ4v) is 4.50. The predicted octanol–water partition coefficient (Wildman–Crippen LogP) is 5.44. The van der Waals surface area contributed by atoms with Crippen LogP contribution in [-0.4, -0.2) is 28.5 Å². The van der Waals surface area contributed by atoms with Crippen molar-refractivity contribution in [1.29, 1.82) is 0 Å². The number of anilines is 1. The van der Waals surface area contributed by atoms with Gasteiger partial charge in [-0.15, -0.1) is 11.8 Å². The lowest BCUT2D eigenvalue weighted by atomic mass is 10.1. The monoisotopic (exact) mass is 438 g/mol. The molecule has 0 bridgehead atoms. The molecule has 1 aliphatic rings. The molecule has 4 aromatic rings. The first-order valence-corrected chi connectivity index (χ1v) is 11.1. The number of fused-ring (bicyclic) bond motifs is 2. The molecule has 1 aliphatic heterocycles. The van der Waals surface area contributed by atoms with Crippen LogP contribution < -0.4 is 5.32 Å². The van der Waals surface area contributed by atoms with Crippen molar-refractivity contribution in [1.82, 2.24) is 4.90 Å². The number of carbonyl (C=O) groups excluding carboxylic acids is 3. The van der Waals surface area contributed by atoms with Gasteiger partial charge in [0.1, 0.15) is 0 Å². The molecule has 32 heavy (non-hydrogen) atoms. The van der Waals surface area contributed by atoms with Crippen molar-refractivity contribution in [3.05, 3.63) is 108 Å². The van der Waals surface area contributed by atoms with Gasteiger partial charge in [-0.25, -0.2) is 0 Å². The Labute approximate surface area is 189 Å². The van der Waals surface area contributed by atoms with Gasteiger partial charge in [-0.1, -0.05) is 42.5 Å². The summed E-state index contributed by atoms with van der Waals surface area (Å²) >= 11 is 1.39. The zero-order chi connectivity index (χ0) is 22.1. The first-order chi connectivity index (χ1) is 15.6. The molecular weight excluding hydrogens is 420 g/mol. The number of hydrogen-bond donors (Lipinski definition) is 1. The standard InChI is InChI=1S/C26H18N2O3S/c29-24(19-10-9-17-5-1-2-6-18(17)15-19)27-20-11-13-21(14-12-20)32-16-28-25(30)22-7-3-4-8-23(22)26(28)31/h1-15H,16H2,(H,27,29). The smallest absolute Gasteiger partial charge is 0.262 e. The molecule has 0 radical (unpaired) electrons. The summed E-state index contributed by atoms with van der Waals surface area (Å²) in [5.74, 6) is -0.480. The number of nitrogens with zero attached hydrogens (tertiary/aromatic N) is 1. The Kier molecular flexibility index (Phi) is 5.21. The van der Waals surface area contributed by atoms with Crippen molar-refractivity contribution in [2.75, 3.05) is 11.2 Å². The molecule has 0 unspecified atom stereocenters. The van der Waals surface area contributed by atoms with Crippen LogP contribution in [-0.2, 0) is 0 Å². The number of amides is 3. The van der Waals surface area contributed by atoms with Gasteiger partial charge in [0.2, 0.25) is 0 Å². The van der Waals surface area contributed by atoms with Crippen LogP contribution in [0.2, 0.25) is 0 Å². The van der Waals surface area contributed by atoms with Crippen molar-refractivity contribution >= 4 is 45.9 Å². The van der Waals surface area contributed by atoms with Crippen LogP contribution in [0.4, 0.5) is 5.69 Å². The number of benzene rings is 4. The number of imide groups is 1. The molecule has 4 aromatic carbocycles. The molecule has 156 valence electrons. The lowest BCUT2D eigenvalue weighted by Crippen LogP contribution is -2.29. The van der Waals surface area contributed by atoms with E-state index in [2.05, 4.69) is 5.32 Å². The summed E-state index contributed by atoms with van der Waals surface area (Å²) < 4.78 is 0. The topological polar surface area (TPSA) is 66.5 Å². The number of nitrogens with one attached hydrogen (secondary N) is 1. The van der Waals surface area contributed by atoms with Crippen LogP contribution in [0.25, 0.3) is 10.8 Å². The van der Waals surface area contributed by atoms with Crippen LogP contribution in [0.15, 0.2) is 95.9 Å². The van der Waals surface area contributed by atoms with Crippen LogP contribution in [0.5, 0.6) is 0 Å². The number of carbonyl (C=O) groups is 3. The summed E-state index contributed by atoms with van der Waals surface area (Å²) in [7, 11) is 0. The van der Waals surface area contributed by atoms with Crippen LogP contribution >= 0.6 is 11.8 Å². The minimum absolute atomic E-state index is 0.179. The van der Waals surface area contributed by atoms with E-state index in [0.717, 1.165) is 15.7 Å². The fraction of sp³-hybridized carbons (Fsp3) is 0.0385. The van der Waals surface area contributed by atoms with Gasteiger partial charge in [-0.05, 0) is 59.3 Å². The lowest BCUT2D eigenvalue weighted by molar-refractivity contribution is 0.0683. The third-order valence-corrected chi connectivity index (χ3v) is 6.36. The zero-order valence-electron chi connectivity index (χ0n) is 16.9. The summed E-state index contributed by atoms with van der Waals surface area (Å²) in [6, 6.07) is 27.7. The zero-order valence-corrected chi connectivity index (χ0v) is 17.8. The van der Waals surface area contributed by atoms with Crippen molar-refractivity contribution in [2.24, 2.45) is 0 Å². The first kappa shape index (κ1) is 20.0. The molecule has 1 heterocycles. The van der Waals surface area contributed by atoms with Crippen LogP contribution in [0.3, 0.4) is 0 Å². The SMILES string of the molecule is O=C(Nc1ccc(SCN2C(=O)c3ccccc3C2=O)cc1)c1ccc2ccccc2c1. The third kappa shape index (κ3) is 3.76. The highest BCUT2D eigenvalue weighted by Gasteiger charge is 2.34. The van der Waals surface area contributed by atoms with E-state index in [0.29, 0.717) is 22.4 Å². The molecule has 3 amide bonds. The number of hydrogen-bond acceptors (Lipinski definition) is 4. The van der Waals surface area contributed by atoms with Gasteiger partial charge < -0.3 is 5.32 Å². The van der Waals surface area contributed by atoms with Crippen molar-refractivity contribution in [3.8, 4) is 0 Å². The summed E-state index contributed by atoms with van der Waals surface area (Å²) in [6.07, 6.45) is 0. The number of thioether (sulfide) groups is 1. The summed E-state index contributed by atoms with van der Waals surface area (Å²) in [5.41, 5.74) is 2.16. The Morgan fingerprint density at radius 3 is 2.06 bits per heavy atom. The highest BCUT2D eigenvalue weighted by atomic mass is 32.2. The Morgan fingerprint density at radius 1 is 0.750 bits per heavy atom. The second-order valence-corrected chi connectivity index (χ2v) is 8.42. The molecule has 6 heteroatoms. The van der Waals surface area contributed by atoms with E-state index in [9.17, 15) is 14.4 Å². The minimum atomic E-state index is -0.266. The average Bonchev–Trinajstić information content (AvgIpc) is 3.08. The largest absolute Gasteiger partial charge is 0.322 e. The van der Waals surface area contributed by atoms with E-state index < -0.39 is 0 Å². The lowest BCUT2D eigenvalue weighted by Gasteiger charge is -2.13. The van der Waals surface area contributed by atoms with E-state index in [1.54, 1.807) is 24.3 Å². The molecule has 0 aromatic heterocycles. The Bertz CT molecular complexity index is 1330. The summed E-state index contributed by atoms with van der Waals surface area (Å²) in [4.78, 5) is 39.7. The van der Waals surface area contributed by atoms with Gasteiger partial charge in [0.15, 0.2) is 0 Å². The molecule has 0 saturated carbocycles. The second-order valence-electron chi connectivity index (χ2n) is 7.40. The van der Waals surface area contributed by atoms with E-state index >= 15 is 0 Å². The molecule has 1 N–H and O–H groups in total. The van der Waals surface area contributed by atoms with Crippen LogP contribution in [0.1, 0.15) is 31.1 Å². The Morgan fingerprint density at radius 2 is 1.38 bits per heavy atom. The Hall–Kier alpha value is -3.90. The van der Waals surface area contributed by atoms with E-state index in [1.165, 1.54) is 16.7 Å². The molecular formula is C26H18N2O3S. The molecule has 0 aliphatic carbocycles. The van der Waals surface area contributed by atoms with E-state index in [-0.39, 0.29) is 23.6 Å². The molecule has 0 atom stereocenters. The molecule has 5 nitrogen and oxygen atoms in total. The normalized spacial score (nSPS) is 12.8. The first-order valence-electron chi connectivity index (χ1n) is 10.1. The maximum Gasteiger partial charge on any atom is 0.262 e. The maximum absolute atomic E-state index is 12.6. The molecule has 5 rings (SSSR count). The van der Waals surface area contributed by atoms with Gasteiger partial charge in [-0.3, -0.25) is 19.3 Å². The van der Waals surface area contributed by atoms with Crippen molar-refractivity contribution < 1.29 is 14.4 Å². The van der Waals surface area contributed by atoms with Gasteiger partial charge in [0.05, 0.1) is 17.0 Å². The second kappa shape index (κ2) is 8.32. The summed E-state index contributed by atoms with van der Waals surface area (Å²) in [6.45, 7) is 0. The van der Waals surface area contributed by atoms with Gasteiger partial charge in [0, 0.05) is 16.1 Å². The molecule has 0 saturated heterocycles. The molecule has 0 fully saturated rings. The third-order valence-electron chi connectivity index (χ3n) is 5.36. The van der Waals surface area contributed by atoms with Gasteiger partial charge in [0.25, 0.3) is 17.7 Å². The van der Waals surface area contributed by atoms with Crippen LogP contribution in [0, 0.1) is 0 Å². The number of rotatable bonds is 5. The van der Waals surface area contributed by atoms with E-state index in [1.807, 2.05) is 66.7 Å². The summed E-state index contributed by atoms with van der Waals surface area (Å²) in [5, 5.41) is 5.01. The fourth-order valence-electron chi connectivity index (χ4n) is 3.66. The quantitative estimate of drug-likeness (QED) is 0.333. The predicted molar refractivity (Wildman–Crippen MR) is 126 cm³/mol.